The average molecular weight is 278 g/mol. The predicted molar refractivity (Wildman–Crippen MR) is 77.1 cm³/mol. The van der Waals surface area contributed by atoms with Crippen LogP contribution in [0.2, 0.25) is 5.02 Å². The van der Waals surface area contributed by atoms with E-state index in [1.165, 1.54) is 6.33 Å². The molecule has 0 aliphatic heterocycles. The number of nitrogens with zero attached hydrogens (tertiary/aromatic N) is 2. The van der Waals surface area contributed by atoms with Gasteiger partial charge in [0.15, 0.2) is 0 Å². The molecule has 1 N–H and O–H groups in total. The van der Waals surface area contributed by atoms with Crippen LogP contribution in [0, 0.1) is 0 Å². The lowest BCUT2D eigenvalue weighted by Gasteiger charge is -2.12. The maximum atomic E-state index is 5.85. The van der Waals surface area contributed by atoms with E-state index in [2.05, 4.69) is 15.3 Å². The molecule has 0 amide bonds. The van der Waals surface area contributed by atoms with Crippen LogP contribution >= 0.6 is 11.6 Å². The second kappa shape index (κ2) is 6.38. The van der Waals surface area contributed by atoms with E-state index < -0.39 is 0 Å². The van der Waals surface area contributed by atoms with Crippen molar-refractivity contribution in [2.24, 2.45) is 0 Å². The Hall–Kier alpha value is -1.81. The maximum absolute atomic E-state index is 5.85. The highest BCUT2D eigenvalue weighted by atomic mass is 35.5. The van der Waals surface area contributed by atoms with Crippen LogP contribution in [-0.2, 0) is 6.42 Å². The second-order valence-electron chi connectivity index (χ2n) is 3.95. The summed E-state index contributed by atoms with van der Waals surface area (Å²) in [5.74, 6) is 2.11. The number of hydrogen-bond donors (Lipinski definition) is 1. The third-order valence-electron chi connectivity index (χ3n) is 2.63. The molecule has 19 heavy (non-hydrogen) atoms. The van der Waals surface area contributed by atoms with Crippen LogP contribution in [0.15, 0.2) is 30.6 Å². The van der Waals surface area contributed by atoms with E-state index >= 15 is 0 Å². The van der Waals surface area contributed by atoms with Gasteiger partial charge in [-0.05, 0) is 37.6 Å². The molecule has 2 aromatic rings. The van der Waals surface area contributed by atoms with E-state index in [1.54, 1.807) is 12.1 Å². The highest BCUT2D eigenvalue weighted by Gasteiger charge is 2.11. The third-order valence-corrected chi connectivity index (χ3v) is 2.88. The van der Waals surface area contributed by atoms with Crippen LogP contribution in [0.5, 0.6) is 11.6 Å². The molecule has 1 aromatic carbocycles. The van der Waals surface area contributed by atoms with Crippen molar-refractivity contribution in [3.63, 3.8) is 0 Å². The summed E-state index contributed by atoms with van der Waals surface area (Å²) in [6.07, 6.45) is 2.30. The molecule has 5 heteroatoms. The lowest BCUT2D eigenvalue weighted by Crippen LogP contribution is -2.05. The van der Waals surface area contributed by atoms with Crippen molar-refractivity contribution in [1.82, 2.24) is 9.97 Å². The van der Waals surface area contributed by atoms with Crippen molar-refractivity contribution >= 4 is 17.4 Å². The maximum Gasteiger partial charge on any atom is 0.227 e. The third kappa shape index (κ3) is 3.35. The van der Waals surface area contributed by atoms with Gasteiger partial charge in [0.1, 0.15) is 17.9 Å². The molecule has 2 rings (SSSR count). The summed E-state index contributed by atoms with van der Waals surface area (Å²) in [6.45, 7) is 4.89. The number of benzene rings is 1. The molecule has 100 valence electrons. The molecule has 0 aliphatic carbocycles. The minimum Gasteiger partial charge on any atom is -0.439 e. The number of hydrogen-bond acceptors (Lipinski definition) is 4. The summed E-state index contributed by atoms with van der Waals surface area (Å²) in [5.41, 5.74) is 0.972. The molecule has 1 heterocycles. The van der Waals surface area contributed by atoms with Crippen LogP contribution < -0.4 is 10.1 Å². The van der Waals surface area contributed by atoms with Gasteiger partial charge in [0.05, 0.1) is 5.56 Å². The summed E-state index contributed by atoms with van der Waals surface area (Å²) < 4.78 is 5.79. The molecule has 1 aromatic heterocycles. The predicted octanol–water partition coefficient (Wildman–Crippen LogP) is 3.92. The van der Waals surface area contributed by atoms with Crippen molar-refractivity contribution < 1.29 is 4.74 Å². The quantitative estimate of drug-likeness (QED) is 0.900. The first-order valence-electron chi connectivity index (χ1n) is 6.25. The Labute approximate surface area is 117 Å². The summed E-state index contributed by atoms with van der Waals surface area (Å²) in [5, 5.41) is 3.89. The first-order valence-corrected chi connectivity index (χ1v) is 6.63. The molecule has 0 saturated carbocycles. The van der Waals surface area contributed by atoms with Crippen molar-refractivity contribution in [3.05, 3.63) is 41.2 Å². The number of aromatic nitrogens is 2. The topological polar surface area (TPSA) is 47.0 Å². The Morgan fingerprint density at radius 1 is 1.16 bits per heavy atom. The largest absolute Gasteiger partial charge is 0.439 e. The Balaban J connectivity index is 2.28. The first-order chi connectivity index (χ1) is 9.24. The minimum atomic E-state index is 0.579. The van der Waals surface area contributed by atoms with Crippen LogP contribution in [0.25, 0.3) is 0 Å². The number of nitrogens with one attached hydrogen (secondary N) is 1. The number of halogens is 1. The summed E-state index contributed by atoms with van der Waals surface area (Å²) in [4.78, 5) is 8.44. The molecule has 0 spiro atoms. The highest BCUT2D eigenvalue weighted by molar-refractivity contribution is 6.30. The fourth-order valence-corrected chi connectivity index (χ4v) is 1.86. The van der Waals surface area contributed by atoms with Gasteiger partial charge in [-0.3, -0.25) is 0 Å². The monoisotopic (exact) mass is 277 g/mol. The van der Waals surface area contributed by atoms with E-state index in [0.29, 0.717) is 16.7 Å². The van der Waals surface area contributed by atoms with Gasteiger partial charge in [-0.1, -0.05) is 18.5 Å². The Kier molecular flexibility index (Phi) is 4.58. The van der Waals surface area contributed by atoms with Crippen LogP contribution in [-0.4, -0.2) is 16.5 Å². The molecule has 0 unspecified atom stereocenters. The molecule has 4 nitrogen and oxygen atoms in total. The van der Waals surface area contributed by atoms with E-state index in [9.17, 15) is 0 Å². The molecule has 0 radical (unpaired) electrons. The standard InChI is InChI=1S/C14H16ClN3O/c1-3-12-13(16-4-2)17-9-18-14(12)19-11-7-5-10(15)6-8-11/h5-9H,3-4H2,1-2H3,(H,16,17,18). The molecule has 0 atom stereocenters. The van der Waals surface area contributed by atoms with Gasteiger partial charge in [-0.15, -0.1) is 0 Å². The Bertz CT molecular complexity index is 543. The van der Waals surface area contributed by atoms with Gasteiger partial charge in [0, 0.05) is 11.6 Å². The zero-order valence-corrected chi connectivity index (χ0v) is 11.7. The van der Waals surface area contributed by atoms with Gasteiger partial charge < -0.3 is 10.1 Å². The number of ether oxygens (including phenoxy) is 1. The van der Waals surface area contributed by atoms with Crippen molar-refractivity contribution in [2.75, 3.05) is 11.9 Å². The van der Waals surface area contributed by atoms with Crippen molar-refractivity contribution in [1.29, 1.82) is 0 Å². The van der Waals surface area contributed by atoms with E-state index in [0.717, 1.165) is 24.3 Å². The zero-order valence-electron chi connectivity index (χ0n) is 11.0. The molecular formula is C14H16ClN3O. The van der Waals surface area contributed by atoms with Crippen LogP contribution in [0.4, 0.5) is 5.82 Å². The summed E-state index contributed by atoms with van der Waals surface area (Å²) in [6, 6.07) is 7.21. The van der Waals surface area contributed by atoms with Gasteiger partial charge in [0.25, 0.3) is 0 Å². The van der Waals surface area contributed by atoms with E-state index in [4.69, 9.17) is 16.3 Å². The zero-order chi connectivity index (χ0) is 13.7. The summed E-state index contributed by atoms with van der Waals surface area (Å²) >= 11 is 5.85. The first kappa shape index (κ1) is 13.6. The number of rotatable bonds is 5. The van der Waals surface area contributed by atoms with Crippen molar-refractivity contribution in [3.8, 4) is 11.6 Å². The fraction of sp³-hybridized carbons (Fsp3) is 0.286. The van der Waals surface area contributed by atoms with Crippen LogP contribution in [0.3, 0.4) is 0 Å². The van der Waals surface area contributed by atoms with Gasteiger partial charge in [-0.2, -0.15) is 0 Å². The molecule has 0 fully saturated rings. The second-order valence-corrected chi connectivity index (χ2v) is 4.38. The fourth-order valence-electron chi connectivity index (χ4n) is 1.74. The van der Waals surface area contributed by atoms with E-state index in [1.807, 2.05) is 26.0 Å². The van der Waals surface area contributed by atoms with Gasteiger partial charge in [0.2, 0.25) is 5.88 Å². The minimum absolute atomic E-state index is 0.579. The SMILES string of the molecule is CCNc1ncnc(Oc2ccc(Cl)cc2)c1CC. The normalized spacial score (nSPS) is 10.3. The molecular weight excluding hydrogens is 262 g/mol. The smallest absolute Gasteiger partial charge is 0.227 e. The Morgan fingerprint density at radius 3 is 2.53 bits per heavy atom. The van der Waals surface area contributed by atoms with Crippen LogP contribution in [0.1, 0.15) is 19.4 Å². The lowest BCUT2D eigenvalue weighted by atomic mass is 10.2. The highest BCUT2D eigenvalue weighted by Crippen LogP contribution is 2.27. The number of anilines is 1. The summed E-state index contributed by atoms with van der Waals surface area (Å²) in [7, 11) is 0. The van der Waals surface area contributed by atoms with Gasteiger partial charge >= 0.3 is 0 Å². The van der Waals surface area contributed by atoms with Crippen molar-refractivity contribution in [2.45, 2.75) is 20.3 Å². The van der Waals surface area contributed by atoms with Gasteiger partial charge in [-0.25, -0.2) is 9.97 Å². The molecule has 0 aliphatic rings. The van der Waals surface area contributed by atoms with E-state index in [-0.39, 0.29) is 0 Å². The molecule has 0 bridgehead atoms. The Morgan fingerprint density at radius 2 is 1.89 bits per heavy atom. The average Bonchev–Trinajstić information content (AvgIpc) is 2.42. The lowest BCUT2D eigenvalue weighted by molar-refractivity contribution is 0.455. The molecule has 0 saturated heterocycles.